The lowest BCUT2D eigenvalue weighted by atomic mass is 10.1. The fraction of sp³-hybridized carbons (Fsp3) is 0.375. The van der Waals surface area contributed by atoms with Crippen LogP contribution >= 0.6 is 0 Å². The number of rotatable bonds is 6. The van der Waals surface area contributed by atoms with E-state index in [1.54, 1.807) is 18.3 Å². The molecular formula is C24H26N4O5S. The predicted octanol–water partition coefficient (Wildman–Crippen LogP) is 2.23. The van der Waals surface area contributed by atoms with E-state index in [1.807, 2.05) is 18.2 Å². The van der Waals surface area contributed by atoms with Gasteiger partial charge >= 0.3 is 0 Å². The van der Waals surface area contributed by atoms with E-state index < -0.39 is 10.0 Å². The largest absolute Gasteiger partial charge is 0.379 e. The number of hydrogen-bond acceptors (Lipinski definition) is 7. The smallest absolute Gasteiger partial charge is 0.252 e. The number of carbonyl (C=O) groups is 1. The van der Waals surface area contributed by atoms with Crippen LogP contribution in [0.3, 0.4) is 0 Å². The molecule has 5 rings (SSSR count). The maximum absolute atomic E-state index is 13.3. The first-order valence-corrected chi connectivity index (χ1v) is 12.8. The molecule has 2 saturated heterocycles. The van der Waals surface area contributed by atoms with E-state index in [0.717, 1.165) is 12.8 Å². The van der Waals surface area contributed by atoms with E-state index in [0.29, 0.717) is 67.3 Å². The molecule has 1 amide bonds. The minimum atomic E-state index is -3.72. The van der Waals surface area contributed by atoms with Crippen molar-refractivity contribution in [2.45, 2.75) is 23.8 Å². The molecule has 2 aliphatic rings. The van der Waals surface area contributed by atoms with Crippen molar-refractivity contribution in [1.82, 2.24) is 19.6 Å². The Morgan fingerprint density at radius 1 is 1.09 bits per heavy atom. The van der Waals surface area contributed by atoms with E-state index in [-0.39, 0.29) is 16.9 Å². The Morgan fingerprint density at radius 2 is 1.94 bits per heavy atom. The molecule has 1 atom stereocenters. The van der Waals surface area contributed by atoms with Gasteiger partial charge in [-0.15, -0.1) is 0 Å². The molecular weight excluding hydrogens is 456 g/mol. The monoisotopic (exact) mass is 482 g/mol. The summed E-state index contributed by atoms with van der Waals surface area (Å²) in [6, 6.07) is 11.9. The average molecular weight is 483 g/mol. The summed E-state index contributed by atoms with van der Waals surface area (Å²) in [5, 5.41) is 3.42. The second-order valence-corrected chi connectivity index (χ2v) is 10.2. The number of ether oxygens (including phenoxy) is 2. The summed E-state index contributed by atoms with van der Waals surface area (Å²) in [4.78, 5) is 22.4. The van der Waals surface area contributed by atoms with Crippen LogP contribution in [-0.2, 0) is 19.5 Å². The third kappa shape index (κ3) is 4.67. The standard InChI is InChI=1S/C24H26N4O5S/c29-24(26-16-17-4-3-11-33-17)20-15-23(22-5-1-2-8-25-22)27-21-7-6-18(14-19(20)21)34(30,31)28-9-12-32-13-10-28/h1-2,5-8,14-15,17H,3-4,9-13,16H2,(H,26,29). The van der Waals surface area contributed by atoms with Gasteiger partial charge in [-0.1, -0.05) is 6.07 Å². The van der Waals surface area contributed by atoms with Crippen molar-refractivity contribution in [3.63, 3.8) is 0 Å². The highest BCUT2D eigenvalue weighted by Gasteiger charge is 2.27. The molecule has 1 N–H and O–H groups in total. The highest BCUT2D eigenvalue weighted by Crippen LogP contribution is 2.28. The molecule has 4 heterocycles. The first kappa shape index (κ1) is 22.9. The van der Waals surface area contributed by atoms with Crippen molar-refractivity contribution in [2.24, 2.45) is 0 Å². The van der Waals surface area contributed by atoms with E-state index in [9.17, 15) is 13.2 Å². The number of pyridine rings is 2. The molecule has 0 aliphatic carbocycles. The lowest BCUT2D eigenvalue weighted by Gasteiger charge is -2.26. The Labute approximate surface area is 198 Å². The molecule has 3 aromatic rings. The third-order valence-corrected chi connectivity index (χ3v) is 7.97. The molecule has 10 heteroatoms. The van der Waals surface area contributed by atoms with Crippen molar-refractivity contribution < 1.29 is 22.7 Å². The van der Waals surface area contributed by atoms with Crippen molar-refractivity contribution in [1.29, 1.82) is 0 Å². The normalized spacial score (nSPS) is 19.4. The summed E-state index contributed by atoms with van der Waals surface area (Å²) in [5.74, 6) is -0.305. The van der Waals surface area contributed by atoms with Crippen molar-refractivity contribution in [3.8, 4) is 11.4 Å². The van der Waals surface area contributed by atoms with Gasteiger partial charge in [-0.05, 0) is 49.2 Å². The molecule has 1 unspecified atom stereocenters. The van der Waals surface area contributed by atoms with Gasteiger partial charge in [0, 0.05) is 37.8 Å². The van der Waals surface area contributed by atoms with Gasteiger partial charge in [-0.3, -0.25) is 9.78 Å². The zero-order valence-corrected chi connectivity index (χ0v) is 19.5. The zero-order valence-electron chi connectivity index (χ0n) is 18.6. The number of morpholine rings is 1. The Balaban J connectivity index is 1.56. The summed E-state index contributed by atoms with van der Waals surface area (Å²) in [6.45, 7) is 2.41. The molecule has 34 heavy (non-hydrogen) atoms. The highest BCUT2D eigenvalue weighted by atomic mass is 32.2. The minimum absolute atomic E-state index is 0.00966. The number of benzene rings is 1. The Bertz CT molecular complexity index is 1290. The fourth-order valence-corrected chi connectivity index (χ4v) is 5.68. The predicted molar refractivity (Wildman–Crippen MR) is 126 cm³/mol. The van der Waals surface area contributed by atoms with Crippen molar-refractivity contribution in [3.05, 3.63) is 54.2 Å². The molecule has 0 bridgehead atoms. The number of aromatic nitrogens is 2. The van der Waals surface area contributed by atoms with E-state index in [1.165, 1.54) is 16.4 Å². The Morgan fingerprint density at radius 3 is 2.68 bits per heavy atom. The number of nitrogens with one attached hydrogen (secondary N) is 1. The van der Waals surface area contributed by atoms with Gasteiger partial charge in [-0.2, -0.15) is 4.31 Å². The van der Waals surface area contributed by atoms with Gasteiger partial charge in [0.1, 0.15) is 0 Å². The number of hydrogen-bond donors (Lipinski definition) is 1. The van der Waals surface area contributed by atoms with Crippen LogP contribution in [0.25, 0.3) is 22.3 Å². The van der Waals surface area contributed by atoms with Crippen LogP contribution in [0.2, 0.25) is 0 Å². The quantitative estimate of drug-likeness (QED) is 0.574. The second kappa shape index (κ2) is 9.75. The van der Waals surface area contributed by atoms with Crippen LogP contribution in [-0.4, -0.2) is 74.2 Å². The Hall–Kier alpha value is -2.92. The van der Waals surface area contributed by atoms with Crippen LogP contribution in [0.1, 0.15) is 23.2 Å². The van der Waals surface area contributed by atoms with E-state index in [2.05, 4.69) is 15.3 Å². The van der Waals surface area contributed by atoms with Gasteiger partial charge < -0.3 is 14.8 Å². The molecule has 2 fully saturated rings. The first-order chi connectivity index (χ1) is 16.5. The molecule has 0 radical (unpaired) electrons. The maximum Gasteiger partial charge on any atom is 0.252 e. The first-order valence-electron chi connectivity index (χ1n) is 11.4. The molecule has 0 spiro atoms. The van der Waals surface area contributed by atoms with Crippen molar-refractivity contribution >= 4 is 26.8 Å². The van der Waals surface area contributed by atoms with Gasteiger partial charge in [0.25, 0.3) is 5.91 Å². The average Bonchev–Trinajstić information content (AvgIpc) is 3.41. The lowest BCUT2D eigenvalue weighted by Crippen LogP contribution is -2.40. The number of carbonyl (C=O) groups excluding carboxylic acids is 1. The van der Waals surface area contributed by atoms with Gasteiger partial charge in [-0.25, -0.2) is 13.4 Å². The zero-order chi connectivity index (χ0) is 23.5. The molecule has 2 aromatic heterocycles. The Kier molecular flexibility index (Phi) is 6.55. The van der Waals surface area contributed by atoms with Crippen LogP contribution in [0.4, 0.5) is 0 Å². The topological polar surface area (TPSA) is 111 Å². The summed E-state index contributed by atoms with van der Waals surface area (Å²) >= 11 is 0. The highest BCUT2D eigenvalue weighted by molar-refractivity contribution is 7.89. The summed E-state index contributed by atoms with van der Waals surface area (Å²) < 4.78 is 38.8. The van der Waals surface area contributed by atoms with Gasteiger partial charge in [0.2, 0.25) is 10.0 Å². The van der Waals surface area contributed by atoms with Gasteiger partial charge in [0.15, 0.2) is 0 Å². The number of amides is 1. The van der Waals surface area contributed by atoms with Crippen LogP contribution in [0.15, 0.2) is 53.6 Å². The SMILES string of the molecule is O=C(NCC1CCCO1)c1cc(-c2ccccn2)nc2ccc(S(=O)(=O)N3CCOCC3)cc12. The maximum atomic E-state index is 13.3. The molecule has 9 nitrogen and oxygen atoms in total. The summed E-state index contributed by atoms with van der Waals surface area (Å²) in [5.41, 5.74) is 2.04. The summed E-state index contributed by atoms with van der Waals surface area (Å²) in [7, 11) is -3.72. The van der Waals surface area contributed by atoms with E-state index >= 15 is 0 Å². The minimum Gasteiger partial charge on any atom is -0.379 e. The number of fused-ring (bicyclic) bond motifs is 1. The van der Waals surface area contributed by atoms with Crippen LogP contribution in [0, 0.1) is 0 Å². The lowest BCUT2D eigenvalue weighted by molar-refractivity contribution is 0.0730. The second-order valence-electron chi connectivity index (χ2n) is 8.31. The molecule has 0 saturated carbocycles. The molecule has 2 aliphatic heterocycles. The number of nitrogens with zero attached hydrogens (tertiary/aromatic N) is 3. The summed E-state index contributed by atoms with van der Waals surface area (Å²) in [6.07, 6.45) is 3.53. The fourth-order valence-electron chi connectivity index (χ4n) is 4.24. The molecule has 178 valence electrons. The third-order valence-electron chi connectivity index (χ3n) is 6.07. The van der Waals surface area contributed by atoms with Crippen molar-refractivity contribution in [2.75, 3.05) is 39.5 Å². The van der Waals surface area contributed by atoms with E-state index in [4.69, 9.17) is 9.47 Å². The van der Waals surface area contributed by atoms with Crippen LogP contribution < -0.4 is 5.32 Å². The van der Waals surface area contributed by atoms with Gasteiger partial charge in [0.05, 0.1) is 46.7 Å². The van der Waals surface area contributed by atoms with Crippen LogP contribution in [0.5, 0.6) is 0 Å². The number of sulfonamides is 1. The molecule has 1 aromatic carbocycles.